The molecule has 1 aliphatic heterocycles. The van der Waals surface area contributed by atoms with E-state index < -0.39 is 5.97 Å². The Balaban J connectivity index is 1.52. The molecule has 6 heteroatoms. The van der Waals surface area contributed by atoms with Gasteiger partial charge in [0.15, 0.2) is 0 Å². The van der Waals surface area contributed by atoms with Crippen LogP contribution < -0.4 is 5.69 Å². The van der Waals surface area contributed by atoms with Crippen molar-refractivity contribution >= 4 is 17.0 Å². The van der Waals surface area contributed by atoms with E-state index in [1.165, 1.54) is 25.7 Å². The highest BCUT2D eigenvalue weighted by molar-refractivity contribution is 5.92. The summed E-state index contributed by atoms with van der Waals surface area (Å²) in [7, 11) is 0. The summed E-state index contributed by atoms with van der Waals surface area (Å²) in [5, 5.41) is 9.43. The Morgan fingerprint density at radius 2 is 1.82 bits per heavy atom. The fourth-order valence-corrected chi connectivity index (χ4v) is 5.85. The number of carboxylic acid groups (broad SMARTS) is 1. The van der Waals surface area contributed by atoms with E-state index in [1.54, 1.807) is 12.1 Å². The lowest BCUT2D eigenvalue weighted by atomic mass is 9.95. The van der Waals surface area contributed by atoms with Crippen LogP contribution in [-0.2, 0) is 6.54 Å². The summed E-state index contributed by atoms with van der Waals surface area (Å²) < 4.78 is 3.79. The van der Waals surface area contributed by atoms with E-state index in [0.29, 0.717) is 12.6 Å². The number of carboxylic acids is 1. The van der Waals surface area contributed by atoms with E-state index in [2.05, 4.69) is 4.90 Å². The molecular formula is C22H29N3O3. The number of fused-ring (bicyclic) bond motifs is 3. The van der Waals surface area contributed by atoms with Crippen molar-refractivity contribution in [3.05, 3.63) is 34.2 Å². The molecule has 2 saturated carbocycles. The SMILES string of the molecule is O=C(O)c1ccc2c(c1)n(CCN1C[C@H]3CC[C@@H]1C3)c(=O)n2C1CCCCC1. The average Bonchev–Trinajstić information content (AvgIpc) is 3.39. The fourth-order valence-electron chi connectivity index (χ4n) is 5.85. The lowest BCUT2D eigenvalue weighted by Crippen LogP contribution is -2.37. The number of piperidine rings is 1. The van der Waals surface area contributed by atoms with Crippen molar-refractivity contribution in [2.75, 3.05) is 13.1 Å². The highest BCUT2D eigenvalue weighted by atomic mass is 16.4. The second-order valence-corrected chi connectivity index (χ2v) is 8.93. The van der Waals surface area contributed by atoms with E-state index in [0.717, 1.165) is 55.7 Å². The zero-order valence-corrected chi connectivity index (χ0v) is 16.3. The first kappa shape index (κ1) is 18.0. The molecule has 3 aliphatic rings. The molecular weight excluding hydrogens is 354 g/mol. The van der Waals surface area contributed by atoms with E-state index >= 15 is 0 Å². The molecule has 2 aromatic rings. The molecule has 2 aliphatic carbocycles. The van der Waals surface area contributed by atoms with E-state index in [4.69, 9.17) is 0 Å². The number of rotatable bonds is 5. The molecule has 0 spiro atoms. The van der Waals surface area contributed by atoms with Gasteiger partial charge in [0.25, 0.3) is 0 Å². The molecule has 6 nitrogen and oxygen atoms in total. The zero-order valence-electron chi connectivity index (χ0n) is 16.3. The molecule has 2 atom stereocenters. The topological polar surface area (TPSA) is 67.5 Å². The van der Waals surface area contributed by atoms with E-state index in [1.807, 2.05) is 15.2 Å². The van der Waals surface area contributed by atoms with Gasteiger partial charge >= 0.3 is 11.7 Å². The summed E-state index contributed by atoms with van der Waals surface area (Å²) in [5.41, 5.74) is 1.96. The van der Waals surface area contributed by atoms with E-state index in [9.17, 15) is 14.7 Å². The molecule has 1 aromatic carbocycles. The van der Waals surface area contributed by atoms with Gasteiger partial charge < -0.3 is 5.11 Å². The van der Waals surface area contributed by atoms with Crippen LogP contribution in [0.15, 0.2) is 23.0 Å². The molecule has 5 rings (SSSR count). The zero-order chi connectivity index (χ0) is 19.3. The molecule has 1 saturated heterocycles. The second-order valence-electron chi connectivity index (χ2n) is 8.93. The van der Waals surface area contributed by atoms with Gasteiger partial charge in [0, 0.05) is 31.7 Å². The lowest BCUT2D eigenvalue weighted by molar-refractivity contribution is 0.0697. The van der Waals surface area contributed by atoms with Gasteiger partial charge in [-0.15, -0.1) is 0 Å². The Hall–Kier alpha value is -2.08. The van der Waals surface area contributed by atoms with Crippen LogP contribution in [0.1, 0.15) is 67.8 Å². The van der Waals surface area contributed by atoms with Crippen LogP contribution in [0.4, 0.5) is 0 Å². The van der Waals surface area contributed by atoms with Gasteiger partial charge in [0.05, 0.1) is 16.6 Å². The van der Waals surface area contributed by atoms with Gasteiger partial charge in [-0.05, 0) is 56.2 Å². The number of benzene rings is 1. The lowest BCUT2D eigenvalue weighted by Gasteiger charge is -2.26. The van der Waals surface area contributed by atoms with Crippen molar-refractivity contribution in [2.24, 2.45) is 5.92 Å². The van der Waals surface area contributed by atoms with Gasteiger partial charge in [-0.1, -0.05) is 19.3 Å². The van der Waals surface area contributed by atoms with Crippen LogP contribution in [0.2, 0.25) is 0 Å². The number of hydrogen-bond acceptors (Lipinski definition) is 3. The minimum absolute atomic E-state index is 0.0359. The van der Waals surface area contributed by atoms with Crippen molar-refractivity contribution in [1.29, 1.82) is 0 Å². The Kier molecular flexibility index (Phi) is 4.54. The normalized spacial score (nSPS) is 25.7. The van der Waals surface area contributed by atoms with Crippen molar-refractivity contribution < 1.29 is 9.90 Å². The predicted octanol–water partition coefficient (Wildman–Crippen LogP) is 3.49. The molecule has 2 bridgehead atoms. The molecule has 0 amide bonds. The molecule has 2 heterocycles. The standard InChI is InChI=1S/C22H29N3O3/c26-21(27)16-7-9-19-20(13-16)24(11-10-23-14-15-6-8-18(23)12-15)22(28)25(19)17-4-2-1-3-5-17/h7,9,13,15,17-18H,1-6,8,10-12,14H2,(H,26,27)/t15-,18+/m0/s1. The highest BCUT2D eigenvalue weighted by Crippen LogP contribution is 2.37. The van der Waals surface area contributed by atoms with Crippen molar-refractivity contribution in [2.45, 2.75) is 70.0 Å². The molecule has 1 aromatic heterocycles. The Morgan fingerprint density at radius 1 is 1.00 bits per heavy atom. The number of likely N-dealkylation sites (tertiary alicyclic amines) is 1. The van der Waals surface area contributed by atoms with Gasteiger partial charge in [0.1, 0.15) is 0 Å². The average molecular weight is 383 g/mol. The summed E-state index contributed by atoms with van der Waals surface area (Å²) in [6.45, 7) is 2.67. The first-order valence-electron chi connectivity index (χ1n) is 10.8. The minimum atomic E-state index is -0.942. The van der Waals surface area contributed by atoms with Crippen LogP contribution in [0, 0.1) is 5.92 Å². The number of aromatic nitrogens is 2. The molecule has 150 valence electrons. The van der Waals surface area contributed by atoms with Crippen LogP contribution in [0.3, 0.4) is 0 Å². The van der Waals surface area contributed by atoms with Crippen LogP contribution in [-0.4, -0.2) is 44.2 Å². The van der Waals surface area contributed by atoms with Gasteiger partial charge in [-0.25, -0.2) is 9.59 Å². The monoisotopic (exact) mass is 383 g/mol. The van der Waals surface area contributed by atoms with Crippen LogP contribution in [0.25, 0.3) is 11.0 Å². The molecule has 3 fully saturated rings. The summed E-state index contributed by atoms with van der Waals surface area (Å²) >= 11 is 0. The van der Waals surface area contributed by atoms with E-state index in [-0.39, 0.29) is 17.3 Å². The summed E-state index contributed by atoms with van der Waals surface area (Å²) in [6.07, 6.45) is 9.58. The maximum Gasteiger partial charge on any atom is 0.335 e. The van der Waals surface area contributed by atoms with Crippen molar-refractivity contribution in [3.8, 4) is 0 Å². The third-order valence-electron chi connectivity index (χ3n) is 7.28. The first-order valence-corrected chi connectivity index (χ1v) is 10.8. The summed E-state index contributed by atoms with van der Waals surface area (Å²) in [4.78, 5) is 27.4. The Labute approximate surface area is 164 Å². The molecule has 1 N–H and O–H groups in total. The number of carbonyl (C=O) groups is 1. The highest BCUT2D eigenvalue weighted by Gasteiger charge is 2.37. The summed E-state index contributed by atoms with van der Waals surface area (Å²) in [6, 6.07) is 6.08. The first-order chi connectivity index (χ1) is 13.6. The smallest absolute Gasteiger partial charge is 0.335 e. The van der Waals surface area contributed by atoms with Crippen molar-refractivity contribution in [3.63, 3.8) is 0 Å². The number of hydrogen-bond donors (Lipinski definition) is 1. The minimum Gasteiger partial charge on any atom is -0.478 e. The maximum absolute atomic E-state index is 13.4. The largest absolute Gasteiger partial charge is 0.478 e. The maximum atomic E-state index is 13.4. The number of aromatic carboxylic acids is 1. The third-order valence-corrected chi connectivity index (χ3v) is 7.28. The van der Waals surface area contributed by atoms with Gasteiger partial charge in [-0.3, -0.25) is 14.0 Å². The number of nitrogens with zero attached hydrogens (tertiary/aromatic N) is 3. The third kappa shape index (κ3) is 2.98. The predicted molar refractivity (Wildman–Crippen MR) is 108 cm³/mol. The summed E-state index contributed by atoms with van der Waals surface area (Å²) in [5.74, 6) is -0.105. The fraction of sp³-hybridized carbons (Fsp3) is 0.636. The Morgan fingerprint density at radius 3 is 2.50 bits per heavy atom. The second kappa shape index (κ2) is 7.07. The van der Waals surface area contributed by atoms with Crippen LogP contribution in [0.5, 0.6) is 0 Å². The molecule has 28 heavy (non-hydrogen) atoms. The number of imidazole rings is 1. The Bertz CT molecular complexity index is 954. The molecule has 0 unspecified atom stereocenters. The van der Waals surface area contributed by atoms with Crippen molar-refractivity contribution in [1.82, 2.24) is 14.0 Å². The van der Waals surface area contributed by atoms with Gasteiger partial charge in [-0.2, -0.15) is 0 Å². The van der Waals surface area contributed by atoms with Gasteiger partial charge in [0.2, 0.25) is 0 Å². The van der Waals surface area contributed by atoms with Crippen LogP contribution >= 0.6 is 0 Å². The molecule has 0 radical (unpaired) electrons. The quantitative estimate of drug-likeness (QED) is 0.858.